The molecule has 0 heterocycles. The van der Waals surface area contributed by atoms with E-state index in [-0.39, 0.29) is 17.1 Å². The lowest BCUT2D eigenvalue weighted by molar-refractivity contribution is -0.138. The summed E-state index contributed by atoms with van der Waals surface area (Å²) in [5, 5.41) is 0. The Labute approximate surface area is 124 Å². The molecule has 0 saturated carbocycles. The van der Waals surface area contributed by atoms with E-state index in [1.807, 2.05) is 13.2 Å². The number of hydrogen-bond donors (Lipinski definition) is 0. The Kier molecular flexibility index (Phi) is 6.29. The third kappa shape index (κ3) is 5.02. The highest BCUT2D eigenvalue weighted by atomic mass is 32.2. The maximum atomic E-state index is 12.1. The molecule has 4 nitrogen and oxygen atoms in total. The first-order chi connectivity index (χ1) is 9.36. The van der Waals surface area contributed by atoms with Gasteiger partial charge in [0.1, 0.15) is 6.61 Å². The van der Waals surface area contributed by atoms with Gasteiger partial charge < -0.3 is 4.74 Å². The highest BCUT2D eigenvalue weighted by Gasteiger charge is 2.20. The Bertz CT molecular complexity index is 574. The molecule has 0 unspecified atom stereocenters. The van der Waals surface area contributed by atoms with Crippen LogP contribution in [0.15, 0.2) is 41.3 Å². The number of carbonyl (C=O) groups excluding carboxylic acids is 1. The van der Waals surface area contributed by atoms with Crippen LogP contribution in [0.5, 0.6) is 0 Å². The lowest BCUT2D eigenvalue weighted by Crippen LogP contribution is -2.17. The second kappa shape index (κ2) is 7.50. The number of carbonyl (C=O) groups is 1. The van der Waals surface area contributed by atoms with Crippen LogP contribution in [-0.4, -0.2) is 38.8 Å². The molecular weight excluding hydrogens is 296 g/mol. The van der Waals surface area contributed by atoms with Gasteiger partial charge in [0.2, 0.25) is 0 Å². The predicted octanol–water partition coefficient (Wildman–Crippen LogP) is 2.23. The lowest BCUT2D eigenvalue weighted by Gasteiger charge is -2.08. The van der Waals surface area contributed by atoms with E-state index in [1.165, 1.54) is 12.1 Å². The first-order valence-corrected chi connectivity index (χ1v) is 9.04. The highest BCUT2D eigenvalue weighted by Crippen LogP contribution is 2.15. The van der Waals surface area contributed by atoms with E-state index in [2.05, 4.69) is 6.58 Å². The zero-order valence-electron chi connectivity index (χ0n) is 11.6. The van der Waals surface area contributed by atoms with Crippen LogP contribution in [0.1, 0.15) is 5.56 Å². The summed E-state index contributed by atoms with van der Waals surface area (Å²) in [5.74, 6) is -0.410. The Morgan fingerprint density at radius 1 is 1.30 bits per heavy atom. The van der Waals surface area contributed by atoms with E-state index in [1.54, 1.807) is 23.9 Å². The second-order valence-electron chi connectivity index (χ2n) is 4.30. The fourth-order valence-electron chi connectivity index (χ4n) is 1.44. The lowest BCUT2D eigenvalue weighted by atomic mass is 10.2. The summed E-state index contributed by atoms with van der Waals surface area (Å²) < 4.78 is 29.2. The van der Waals surface area contributed by atoms with E-state index in [4.69, 9.17) is 4.74 Å². The van der Waals surface area contributed by atoms with Gasteiger partial charge in [-0.25, -0.2) is 13.2 Å². The minimum atomic E-state index is -3.56. The van der Waals surface area contributed by atoms with Gasteiger partial charge in [0.05, 0.1) is 10.6 Å². The molecule has 0 spiro atoms. The zero-order valence-corrected chi connectivity index (χ0v) is 13.2. The van der Waals surface area contributed by atoms with Gasteiger partial charge in [-0.05, 0) is 25.3 Å². The molecule has 1 rings (SSSR count). The van der Waals surface area contributed by atoms with Crippen LogP contribution < -0.4 is 0 Å². The molecule has 0 bridgehead atoms. The average molecular weight is 314 g/mol. The Morgan fingerprint density at radius 2 is 1.90 bits per heavy atom. The summed E-state index contributed by atoms with van der Waals surface area (Å²) in [6.07, 6.45) is 1.89. The molecule has 0 fully saturated rings. The van der Waals surface area contributed by atoms with Crippen LogP contribution in [0.4, 0.5) is 0 Å². The van der Waals surface area contributed by atoms with E-state index in [0.29, 0.717) is 5.75 Å². The molecule has 0 aliphatic carbocycles. The van der Waals surface area contributed by atoms with Gasteiger partial charge in [-0.2, -0.15) is 11.8 Å². The third-order valence-corrected chi connectivity index (χ3v) is 4.85. The molecule has 0 aliphatic heterocycles. The summed E-state index contributed by atoms with van der Waals surface area (Å²) in [5.41, 5.74) is 0.922. The third-order valence-electron chi connectivity index (χ3n) is 2.55. The summed E-state index contributed by atoms with van der Waals surface area (Å²) >= 11 is 1.54. The molecule has 1 aromatic rings. The molecule has 0 atom stereocenters. The number of thioether (sulfide) groups is 1. The molecule has 0 amide bonds. The van der Waals surface area contributed by atoms with E-state index in [9.17, 15) is 13.2 Å². The molecule has 1 aromatic carbocycles. The van der Waals surface area contributed by atoms with Gasteiger partial charge >= 0.3 is 5.97 Å². The maximum absolute atomic E-state index is 12.1. The van der Waals surface area contributed by atoms with Crippen molar-refractivity contribution in [3.63, 3.8) is 0 Å². The Hall–Kier alpha value is -1.27. The summed E-state index contributed by atoms with van der Waals surface area (Å²) in [4.78, 5) is 11.8. The molecule has 0 radical (unpaired) electrons. The maximum Gasteiger partial charge on any atom is 0.334 e. The largest absolute Gasteiger partial charge is 0.461 e. The van der Waals surface area contributed by atoms with Crippen LogP contribution in [0.3, 0.4) is 0 Å². The van der Waals surface area contributed by atoms with Crippen molar-refractivity contribution in [1.82, 2.24) is 0 Å². The van der Waals surface area contributed by atoms with Crippen molar-refractivity contribution < 1.29 is 17.9 Å². The van der Waals surface area contributed by atoms with E-state index < -0.39 is 21.6 Å². The van der Waals surface area contributed by atoms with Crippen LogP contribution in [0, 0.1) is 6.92 Å². The summed E-state index contributed by atoms with van der Waals surface area (Å²) in [6, 6.07) is 6.48. The van der Waals surface area contributed by atoms with Crippen molar-refractivity contribution in [3.8, 4) is 0 Å². The van der Waals surface area contributed by atoms with E-state index in [0.717, 1.165) is 5.56 Å². The number of hydrogen-bond acceptors (Lipinski definition) is 5. The average Bonchev–Trinajstić information content (AvgIpc) is 2.38. The molecule has 0 N–H and O–H groups in total. The number of benzene rings is 1. The monoisotopic (exact) mass is 314 g/mol. The standard InChI is InChI=1S/C14H18O4S2/c1-11-4-6-13(7-5-11)20(16,17)10-12(2)14(15)18-8-9-19-3/h4-7H,2,8-10H2,1,3H3. The smallest absolute Gasteiger partial charge is 0.334 e. The number of rotatable bonds is 7. The van der Waals surface area contributed by atoms with Gasteiger partial charge in [0.15, 0.2) is 9.84 Å². The SMILES string of the molecule is C=C(CS(=O)(=O)c1ccc(C)cc1)C(=O)OCCSC. The van der Waals surface area contributed by atoms with Gasteiger partial charge in [-0.15, -0.1) is 0 Å². The van der Waals surface area contributed by atoms with Crippen LogP contribution >= 0.6 is 11.8 Å². The van der Waals surface area contributed by atoms with Crippen LogP contribution in [-0.2, 0) is 19.4 Å². The first-order valence-electron chi connectivity index (χ1n) is 6.00. The number of aryl methyl sites for hydroxylation is 1. The van der Waals surface area contributed by atoms with Crippen molar-refractivity contribution in [3.05, 3.63) is 42.0 Å². The highest BCUT2D eigenvalue weighted by molar-refractivity contribution is 7.98. The Balaban J connectivity index is 2.68. The molecule has 0 aliphatic rings. The first kappa shape index (κ1) is 16.8. The van der Waals surface area contributed by atoms with Crippen molar-refractivity contribution >= 4 is 27.6 Å². The van der Waals surface area contributed by atoms with Crippen LogP contribution in [0.25, 0.3) is 0 Å². The molecule has 110 valence electrons. The van der Waals surface area contributed by atoms with E-state index >= 15 is 0 Å². The van der Waals surface area contributed by atoms with Crippen molar-refractivity contribution in [2.45, 2.75) is 11.8 Å². The molecule has 20 heavy (non-hydrogen) atoms. The molecule has 6 heteroatoms. The van der Waals surface area contributed by atoms with Gasteiger partial charge in [0.25, 0.3) is 0 Å². The van der Waals surface area contributed by atoms with Crippen molar-refractivity contribution in [2.24, 2.45) is 0 Å². The zero-order chi connectivity index (χ0) is 15.2. The van der Waals surface area contributed by atoms with Gasteiger partial charge in [-0.3, -0.25) is 0 Å². The topological polar surface area (TPSA) is 60.4 Å². The van der Waals surface area contributed by atoms with Gasteiger partial charge in [0, 0.05) is 11.3 Å². The summed E-state index contributed by atoms with van der Waals surface area (Å²) in [7, 11) is -3.56. The molecule has 0 aromatic heterocycles. The minimum Gasteiger partial charge on any atom is -0.461 e. The number of esters is 1. The van der Waals surface area contributed by atoms with Crippen LogP contribution in [0.2, 0.25) is 0 Å². The fraction of sp³-hybridized carbons (Fsp3) is 0.357. The fourth-order valence-corrected chi connectivity index (χ4v) is 2.98. The second-order valence-corrected chi connectivity index (χ2v) is 7.28. The minimum absolute atomic E-state index is 0.0494. The molecular formula is C14H18O4S2. The van der Waals surface area contributed by atoms with Crippen molar-refractivity contribution in [1.29, 1.82) is 0 Å². The van der Waals surface area contributed by atoms with Gasteiger partial charge in [-0.1, -0.05) is 24.3 Å². The number of ether oxygens (including phenoxy) is 1. The Morgan fingerprint density at radius 3 is 2.45 bits per heavy atom. The number of sulfone groups is 1. The normalized spacial score (nSPS) is 11.1. The predicted molar refractivity (Wildman–Crippen MR) is 81.7 cm³/mol. The summed E-state index contributed by atoms with van der Waals surface area (Å²) in [6.45, 7) is 5.63. The van der Waals surface area contributed by atoms with Crippen molar-refractivity contribution in [2.75, 3.05) is 24.4 Å². The quantitative estimate of drug-likeness (QED) is 0.439. The molecule has 0 saturated heterocycles.